The van der Waals surface area contributed by atoms with Gasteiger partial charge in [-0.05, 0) is 61.6 Å². The van der Waals surface area contributed by atoms with Crippen LogP contribution in [0.15, 0.2) is 41.3 Å². The summed E-state index contributed by atoms with van der Waals surface area (Å²) in [6.07, 6.45) is 2.38. The average molecular weight is 594 g/mol. The molecule has 40 heavy (non-hydrogen) atoms. The molecular formula is C29H40ClN3O6S. The summed E-state index contributed by atoms with van der Waals surface area (Å²) >= 11 is 6.50. The van der Waals surface area contributed by atoms with Crippen LogP contribution in [0.3, 0.4) is 0 Å². The standard InChI is InChI=1S/C29H40ClN3O6S/c1-21-16-24(37-3)17-22(2)29(21)40(35,36)33-11-7-6-8-23(33)19-39-20-28(34)31-18-27(32-12-14-38-15-13-32)25-9-4-5-10-26(25)30/h4-5,9-10,16-17,23,27H,6-8,11-15,18-20H2,1-3H3,(H,31,34). The van der Waals surface area contributed by atoms with Crippen molar-refractivity contribution in [1.82, 2.24) is 14.5 Å². The van der Waals surface area contributed by atoms with Crippen molar-refractivity contribution in [3.63, 3.8) is 0 Å². The molecular weight excluding hydrogens is 554 g/mol. The van der Waals surface area contributed by atoms with Crippen molar-refractivity contribution < 1.29 is 27.4 Å². The van der Waals surface area contributed by atoms with Gasteiger partial charge in [0.2, 0.25) is 15.9 Å². The van der Waals surface area contributed by atoms with E-state index in [-0.39, 0.29) is 31.2 Å². The highest BCUT2D eigenvalue weighted by Crippen LogP contribution is 2.32. The van der Waals surface area contributed by atoms with Gasteiger partial charge in [-0.2, -0.15) is 4.31 Å². The topological polar surface area (TPSA) is 97.4 Å². The molecule has 4 rings (SSSR count). The predicted molar refractivity (Wildman–Crippen MR) is 154 cm³/mol. The molecule has 0 spiro atoms. The van der Waals surface area contributed by atoms with Crippen molar-refractivity contribution in [1.29, 1.82) is 0 Å². The van der Waals surface area contributed by atoms with Crippen LogP contribution in [0.2, 0.25) is 5.02 Å². The van der Waals surface area contributed by atoms with Crippen molar-refractivity contribution in [2.24, 2.45) is 0 Å². The highest BCUT2D eigenvalue weighted by molar-refractivity contribution is 7.89. The highest BCUT2D eigenvalue weighted by atomic mass is 35.5. The Morgan fingerprint density at radius 3 is 2.50 bits per heavy atom. The molecule has 0 aromatic heterocycles. The molecule has 0 saturated carbocycles. The maximum absolute atomic E-state index is 13.8. The maximum atomic E-state index is 13.8. The number of rotatable bonds is 11. The summed E-state index contributed by atoms with van der Waals surface area (Å²) < 4.78 is 45.7. The van der Waals surface area contributed by atoms with Crippen LogP contribution < -0.4 is 10.1 Å². The summed E-state index contributed by atoms with van der Waals surface area (Å²) in [5.74, 6) is 0.376. The minimum Gasteiger partial charge on any atom is -0.497 e. The van der Waals surface area contributed by atoms with Crippen LogP contribution in [0, 0.1) is 13.8 Å². The van der Waals surface area contributed by atoms with Gasteiger partial charge in [-0.15, -0.1) is 0 Å². The Morgan fingerprint density at radius 1 is 1.12 bits per heavy atom. The lowest BCUT2D eigenvalue weighted by atomic mass is 10.0. The lowest BCUT2D eigenvalue weighted by molar-refractivity contribution is -0.126. The number of halogens is 1. The molecule has 2 atom stereocenters. The quantitative estimate of drug-likeness (QED) is 0.424. The van der Waals surface area contributed by atoms with E-state index >= 15 is 0 Å². The minimum atomic E-state index is -3.75. The molecule has 0 aliphatic carbocycles. The van der Waals surface area contributed by atoms with Gasteiger partial charge in [-0.25, -0.2) is 8.42 Å². The van der Waals surface area contributed by atoms with Crippen molar-refractivity contribution in [2.45, 2.75) is 50.1 Å². The Kier molecular flexibility index (Phi) is 10.8. The summed E-state index contributed by atoms with van der Waals surface area (Å²) in [5.41, 5.74) is 2.25. The number of carbonyl (C=O) groups excluding carboxylic acids is 1. The van der Waals surface area contributed by atoms with Gasteiger partial charge >= 0.3 is 0 Å². The summed E-state index contributed by atoms with van der Waals surface area (Å²) in [5, 5.41) is 3.65. The smallest absolute Gasteiger partial charge is 0.246 e. The zero-order valence-electron chi connectivity index (χ0n) is 23.5. The van der Waals surface area contributed by atoms with E-state index in [4.69, 9.17) is 25.8 Å². The third-order valence-electron chi connectivity index (χ3n) is 7.60. The fourth-order valence-corrected chi connectivity index (χ4v) is 7.99. The third kappa shape index (κ3) is 7.35. The number of hydrogen-bond donors (Lipinski definition) is 1. The molecule has 11 heteroatoms. The Morgan fingerprint density at radius 2 is 1.82 bits per heavy atom. The zero-order chi connectivity index (χ0) is 28.7. The second kappa shape index (κ2) is 14.1. The van der Waals surface area contributed by atoms with Gasteiger partial charge < -0.3 is 19.5 Å². The van der Waals surface area contributed by atoms with Crippen LogP contribution in [-0.4, -0.2) is 89.3 Å². The Balaban J connectivity index is 1.36. The molecule has 2 aliphatic heterocycles. The molecule has 2 heterocycles. The van der Waals surface area contributed by atoms with Gasteiger partial charge in [-0.1, -0.05) is 36.2 Å². The van der Waals surface area contributed by atoms with E-state index in [1.165, 1.54) is 0 Å². The Hall–Kier alpha value is -2.21. The summed E-state index contributed by atoms with van der Waals surface area (Å²) in [4.78, 5) is 15.4. The lowest BCUT2D eigenvalue weighted by Gasteiger charge is -2.35. The first-order valence-corrected chi connectivity index (χ1v) is 15.6. The average Bonchev–Trinajstić information content (AvgIpc) is 2.94. The molecule has 0 radical (unpaired) electrons. The number of ether oxygens (including phenoxy) is 3. The monoisotopic (exact) mass is 593 g/mol. The fourth-order valence-electron chi connectivity index (χ4n) is 5.63. The van der Waals surface area contributed by atoms with Crippen LogP contribution in [0.25, 0.3) is 0 Å². The number of hydrogen-bond acceptors (Lipinski definition) is 7. The number of amides is 1. The molecule has 2 unspecified atom stereocenters. The zero-order valence-corrected chi connectivity index (χ0v) is 25.1. The van der Waals surface area contributed by atoms with Gasteiger partial charge in [0.05, 0.1) is 37.9 Å². The van der Waals surface area contributed by atoms with Crippen molar-refractivity contribution in [2.75, 3.05) is 59.7 Å². The minimum absolute atomic E-state index is 0.0866. The van der Waals surface area contributed by atoms with Gasteiger partial charge in [-0.3, -0.25) is 9.69 Å². The maximum Gasteiger partial charge on any atom is 0.246 e. The molecule has 2 saturated heterocycles. The van der Waals surface area contributed by atoms with Crippen molar-refractivity contribution in [3.05, 3.63) is 58.1 Å². The first kappa shape index (κ1) is 30.7. The molecule has 2 aliphatic rings. The lowest BCUT2D eigenvalue weighted by Crippen LogP contribution is -2.47. The van der Waals surface area contributed by atoms with Crippen molar-refractivity contribution >= 4 is 27.5 Å². The number of morpholine rings is 1. The van der Waals surface area contributed by atoms with E-state index in [2.05, 4.69) is 10.2 Å². The number of piperidine rings is 1. The molecule has 1 N–H and O–H groups in total. The number of nitrogens with one attached hydrogen (secondary N) is 1. The number of methoxy groups -OCH3 is 1. The number of nitrogens with zero attached hydrogens (tertiary/aromatic N) is 2. The van der Waals surface area contributed by atoms with Gasteiger partial charge in [0.25, 0.3) is 0 Å². The van der Waals surface area contributed by atoms with E-state index in [0.29, 0.717) is 59.5 Å². The molecule has 2 aromatic carbocycles. The third-order valence-corrected chi connectivity index (χ3v) is 10.2. The fraction of sp³-hybridized carbons (Fsp3) is 0.552. The van der Waals surface area contributed by atoms with Crippen LogP contribution >= 0.6 is 11.6 Å². The number of carbonyl (C=O) groups is 1. The molecule has 2 fully saturated rings. The molecule has 9 nitrogen and oxygen atoms in total. The summed E-state index contributed by atoms with van der Waals surface area (Å²) in [7, 11) is -2.18. The van der Waals surface area contributed by atoms with E-state index in [1.54, 1.807) is 37.4 Å². The molecule has 0 bridgehead atoms. The SMILES string of the molecule is COc1cc(C)c(S(=O)(=O)N2CCCCC2COCC(=O)NCC(c2ccccc2Cl)N2CCOCC2)c(C)c1. The molecule has 1 amide bonds. The number of sulfonamides is 1. The first-order valence-electron chi connectivity index (χ1n) is 13.8. The van der Waals surface area contributed by atoms with Crippen LogP contribution in [0.4, 0.5) is 0 Å². The van der Waals surface area contributed by atoms with Crippen LogP contribution in [-0.2, 0) is 24.3 Å². The van der Waals surface area contributed by atoms with Gasteiger partial charge in [0.1, 0.15) is 12.4 Å². The van der Waals surface area contributed by atoms with E-state index in [0.717, 1.165) is 31.5 Å². The van der Waals surface area contributed by atoms with E-state index in [1.807, 2.05) is 24.3 Å². The summed E-state index contributed by atoms with van der Waals surface area (Å²) in [6.45, 7) is 7.15. The predicted octanol–water partition coefficient (Wildman–Crippen LogP) is 3.71. The van der Waals surface area contributed by atoms with E-state index in [9.17, 15) is 13.2 Å². The van der Waals surface area contributed by atoms with Gasteiger partial charge in [0.15, 0.2) is 0 Å². The van der Waals surface area contributed by atoms with Crippen LogP contribution in [0.5, 0.6) is 5.75 Å². The number of benzene rings is 2. The second-order valence-corrected chi connectivity index (χ2v) is 12.6. The highest BCUT2D eigenvalue weighted by Gasteiger charge is 2.35. The molecule has 2 aromatic rings. The first-order chi connectivity index (χ1) is 19.2. The Labute approximate surface area is 242 Å². The molecule has 220 valence electrons. The Bertz CT molecular complexity index is 1250. The summed E-state index contributed by atoms with van der Waals surface area (Å²) in [6, 6.07) is 10.7. The largest absolute Gasteiger partial charge is 0.497 e. The van der Waals surface area contributed by atoms with Gasteiger partial charge in [0, 0.05) is 37.2 Å². The van der Waals surface area contributed by atoms with Crippen molar-refractivity contribution in [3.8, 4) is 5.75 Å². The van der Waals surface area contributed by atoms with E-state index < -0.39 is 10.0 Å². The number of aryl methyl sites for hydroxylation is 2. The second-order valence-electron chi connectivity index (χ2n) is 10.4. The normalized spacial score (nSPS) is 19.8. The van der Waals surface area contributed by atoms with Crippen LogP contribution in [0.1, 0.15) is 42.0 Å².